The molecule has 148 valence electrons. The first-order chi connectivity index (χ1) is 12.5. The van der Waals surface area contributed by atoms with Crippen molar-refractivity contribution in [2.75, 3.05) is 15.9 Å². The van der Waals surface area contributed by atoms with Gasteiger partial charge in [-0.05, 0) is 25.1 Å². The monoisotopic (exact) mass is 468 g/mol. The van der Waals surface area contributed by atoms with Gasteiger partial charge in [0, 0.05) is 10.3 Å². The Balaban J connectivity index is 2.27. The Morgan fingerprint density at radius 1 is 1.26 bits per heavy atom. The highest BCUT2D eigenvalue weighted by atomic mass is 35.5. The van der Waals surface area contributed by atoms with Gasteiger partial charge in [0.15, 0.2) is 4.34 Å². The lowest BCUT2D eigenvalue weighted by Crippen LogP contribution is -2.45. The number of aromatic nitrogens is 2. The second-order valence-corrected chi connectivity index (χ2v) is 11.4. The Morgan fingerprint density at radius 3 is 2.52 bits per heavy atom. The zero-order valence-electron chi connectivity index (χ0n) is 14.9. The highest BCUT2D eigenvalue weighted by molar-refractivity contribution is 8.01. The Bertz CT molecular complexity index is 934. The number of nitrogens with one attached hydrogen (secondary N) is 1. The maximum atomic E-state index is 12.6. The van der Waals surface area contributed by atoms with Crippen molar-refractivity contribution in [3.8, 4) is 0 Å². The molecule has 0 saturated carbocycles. The number of halogens is 2. The standard InChI is InChI=1S/C15H18Cl2N4O3S3/c1-8(2)25-15-20-19-14(26-15)18-13(22)9(3)21(27(4,23)24)12-7-10(16)5-6-11(12)17/h5-9H,1-4H3,(H,18,19,22)/t9-/m1/s1. The molecule has 0 fully saturated rings. The second-order valence-electron chi connectivity index (χ2n) is 5.86. The summed E-state index contributed by atoms with van der Waals surface area (Å²) >= 11 is 14.8. The van der Waals surface area contributed by atoms with Gasteiger partial charge in [0.2, 0.25) is 21.1 Å². The van der Waals surface area contributed by atoms with Crippen molar-refractivity contribution in [3.05, 3.63) is 28.2 Å². The van der Waals surface area contributed by atoms with E-state index in [0.717, 1.165) is 10.6 Å². The van der Waals surface area contributed by atoms with Gasteiger partial charge in [-0.2, -0.15) is 0 Å². The number of anilines is 2. The molecule has 1 N–H and O–H groups in total. The normalized spacial score (nSPS) is 12.9. The van der Waals surface area contributed by atoms with Crippen molar-refractivity contribution in [2.45, 2.75) is 36.4 Å². The van der Waals surface area contributed by atoms with E-state index < -0.39 is 22.0 Å². The molecule has 2 rings (SSSR count). The van der Waals surface area contributed by atoms with E-state index in [-0.39, 0.29) is 10.7 Å². The van der Waals surface area contributed by atoms with E-state index in [1.54, 1.807) is 0 Å². The summed E-state index contributed by atoms with van der Waals surface area (Å²) in [4.78, 5) is 12.6. The third-order valence-corrected chi connectivity index (χ3v) is 6.92. The molecule has 0 radical (unpaired) electrons. The third-order valence-electron chi connectivity index (χ3n) is 3.21. The van der Waals surface area contributed by atoms with Crippen molar-refractivity contribution in [1.82, 2.24) is 10.2 Å². The van der Waals surface area contributed by atoms with Gasteiger partial charge in [-0.3, -0.25) is 14.4 Å². The number of rotatable bonds is 7. The van der Waals surface area contributed by atoms with Gasteiger partial charge < -0.3 is 0 Å². The van der Waals surface area contributed by atoms with Crippen LogP contribution in [0.4, 0.5) is 10.8 Å². The molecular weight excluding hydrogens is 451 g/mol. The van der Waals surface area contributed by atoms with E-state index in [1.807, 2.05) is 13.8 Å². The van der Waals surface area contributed by atoms with Crippen molar-refractivity contribution in [3.63, 3.8) is 0 Å². The van der Waals surface area contributed by atoms with E-state index in [9.17, 15) is 13.2 Å². The van der Waals surface area contributed by atoms with E-state index in [2.05, 4.69) is 15.5 Å². The number of amides is 1. The van der Waals surface area contributed by atoms with Crippen LogP contribution in [0.25, 0.3) is 0 Å². The van der Waals surface area contributed by atoms with Crippen LogP contribution in [0.15, 0.2) is 22.5 Å². The number of hydrogen-bond acceptors (Lipinski definition) is 7. The predicted molar refractivity (Wildman–Crippen MR) is 113 cm³/mol. The van der Waals surface area contributed by atoms with Gasteiger partial charge in [0.25, 0.3) is 0 Å². The molecule has 0 saturated heterocycles. The van der Waals surface area contributed by atoms with Crippen LogP contribution in [0.5, 0.6) is 0 Å². The fourth-order valence-electron chi connectivity index (χ4n) is 2.16. The summed E-state index contributed by atoms with van der Waals surface area (Å²) in [6.45, 7) is 5.49. The fraction of sp³-hybridized carbons (Fsp3) is 0.400. The Hall–Kier alpha value is -1.07. The second kappa shape index (κ2) is 8.95. The molecule has 27 heavy (non-hydrogen) atoms. The summed E-state index contributed by atoms with van der Waals surface area (Å²) in [5, 5.41) is 11.6. The van der Waals surface area contributed by atoms with Crippen LogP contribution in [0.3, 0.4) is 0 Å². The highest BCUT2D eigenvalue weighted by Gasteiger charge is 2.31. The maximum absolute atomic E-state index is 12.6. The zero-order valence-corrected chi connectivity index (χ0v) is 18.9. The molecule has 12 heteroatoms. The van der Waals surface area contributed by atoms with Gasteiger partial charge in [0.05, 0.1) is 17.0 Å². The van der Waals surface area contributed by atoms with Gasteiger partial charge in [0.1, 0.15) is 6.04 Å². The van der Waals surface area contributed by atoms with Gasteiger partial charge in [-0.15, -0.1) is 10.2 Å². The summed E-state index contributed by atoms with van der Waals surface area (Å²) in [6.07, 6.45) is 0.996. The molecule has 0 bridgehead atoms. The van der Waals surface area contributed by atoms with Crippen LogP contribution in [0, 0.1) is 0 Å². The van der Waals surface area contributed by atoms with E-state index in [4.69, 9.17) is 23.2 Å². The molecule has 1 heterocycles. The zero-order chi connectivity index (χ0) is 20.4. The highest BCUT2D eigenvalue weighted by Crippen LogP contribution is 2.33. The Kier molecular flexibility index (Phi) is 7.37. The van der Waals surface area contributed by atoms with E-state index >= 15 is 0 Å². The molecule has 0 unspecified atom stereocenters. The number of nitrogens with zero attached hydrogens (tertiary/aromatic N) is 3. The molecule has 1 aromatic carbocycles. The first-order valence-electron chi connectivity index (χ1n) is 7.74. The van der Waals surface area contributed by atoms with Crippen LogP contribution in [0.2, 0.25) is 10.0 Å². The third kappa shape index (κ3) is 5.95. The summed E-state index contributed by atoms with van der Waals surface area (Å²) in [6, 6.07) is 3.33. The van der Waals surface area contributed by atoms with E-state index in [0.29, 0.717) is 19.7 Å². The molecule has 2 aromatic rings. The molecule has 1 amide bonds. The van der Waals surface area contributed by atoms with Crippen LogP contribution < -0.4 is 9.62 Å². The van der Waals surface area contributed by atoms with Gasteiger partial charge in [-0.1, -0.05) is 60.1 Å². The number of carbonyl (C=O) groups excluding carboxylic acids is 1. The largest absolute Gasteiger partial charge is 0.299 e. The summed E-state index contributed by atoms with van der Waals surface area (Å²) < 4.78 is 26.3. The number of benzene rings is 1. The summed E-state index contributed by atoms with van der Waals surface area (Å²) in [5.74, 6) is -0.561. The average Bonchev–Trinajstić information content (AvgIpc) is 2.95. The molecule has 1 atom stereocenters. The van der Waals surface area contributed by atoms with E-state index in [1.165, 1.54) is 48.2 Å². The predicted octanol–water partition coefficient (Wildman–Crippen LogP) is 4.14. The van der Waals surface area contributed by atoms with Gasteiger partial charge >= 0.3 is 0 Å². The number of thioether (sulfide) groups is 1. The first-order valence-corrected chi connectivity index (χ1v) is 12.0. The maximum Gasteiger partial charge on any atom is 0.249 e. The van der Waals surface area contributed by atoms with Crippen LogP contribution >= 0.6 is 46.3 Å². The topological polar surface area (TPSA) is 92.3 Å². The minimum Gasteiger partial charge on any atom is -0.299 e. The van der Waals surface area contributed by atoms with Crippen molar-refractivity contribution >= 4 is 73.0 Å². The summed E-state index contributed by atoms with van der Waals surface area (Å²) in [5.41, 5.74) is 0.127. The Labute approximate surface area is 176 Å². The van der Waals surface area contributed by atoms with Crippen molar-refractivity contribution in [1.29, 1.82) is 0 Å². The Morgan fingerprint density at radius 2 is 1.93 bits per heavy atom. The minimum atomic E-state index is -3.81. The lowest BCUT2D eigenvalue weighted by molar-refractivity contribution is -0.116. The number of carbonyl (C=O) groups is 1. The number of sulfonamides is 1. The summed E-state index contributed by atoms with van der Waals surface area (Å²) in [7, 11) is -3.81. The molecule has 0 aliphatic carbocycles. The van der Waals surface area contributed by atoms with Crippen molar-refractivity contribution in [2.24, 2.45) is 0 Å². The smallest absolute Gasteiger partial charge is 0.249 e. The molecule has 1 aromatic heterocycles. The first kappa shape index (κ1) is 22.2. The quantitative estimate of drug-likeness (QED) is 0.484. The lowest BCUT2D eigenvalue weighted by atomic mass is 10.2. The minimum absolute atomic E-state index is 0.127. The van der Waals surface area contributed by atoms with Crippen LogP contribution in [-0.4, -0.2) is 42.1 Å². The lowest BCUT2D eigenvalue weighted by Gasteiger charge is -2.28. The SMILES string of the molecule is CC(C)Sc1nnc(NC(=O)[C@@H](C)N(c2cc(Cl)ccc2Cl)S(C)(=O)=O)s1. The number of hydrogen-bond donors (Lipinski definition) is 1. The van der Waals surface area contributed by atoms with Crippen LogP contribution in [-0.2, 0) is 14.8 Å². The van der Waals surface area contributed by atoms with Crippen molar-refractivity contribution < 1.29 is 13.2 Å². The molecular formula is C15H18Cl2N4O3S3. The molecule has 0 aliphatic heterocycles. The van der Waals surface area contributed by atoms with Gasteiger partial charge in [-0.25, -0.2) is 8.42 Å². The molecule has 0 aliphatic rings. The fourth-order valence-corrected chi connectivity index (χ4v) is 5.74. The van der Waals surface area contributed by atoms with Crippen LogP contribution in [0.1, 0.15) is 20.8 Å². The molecule has 7 nitrogen and oxygen atoms in total. The molecule has 0 spiro atoms. The average molecular weight is 469 g/mol.